The maximum Gasteiger partial charge on any atom is 0.251 e. The maximum absolute atomic E-state index is 12.1. The summed E-state index contributed by atoms with van der Waals surface area (Å²) in [7, 11) is 0. The van der Waals surface area contributed by atoms with Crippen molar-refractivity contribution in [2.75, 3.05) is 18.4 Å². The Bertz CT molecular complexity index is 656. The molecule has 102 valence electrons. The van der Waals surface area contributed by atoms with Crippen LogP contribution in [0.1, 0.15) is 6.92 Å². The van der Waals surface area contributed by atoms with Gasteiger partial charge >= 0.3 is 0 Å². The molecule has 5 heteroatoms. The predicted molar refractivity (Wildman–Crippen MR) is 81.7 cm³/mol. The molecule has 4 nitrogen and oxygen atoms in total. The largest absolute Gasteiger partial charge is 0.322 e. The van der Waals surface area contributed by atoms with Crippen LogP contribution in [0.3, 0.4) is 0 Å². The molecule has 1 saturated heterocycles. The van der Waals surface area contributed by atoms with Crippen molar-refractivity contribution in [3.63, 3.8) is 0 Å². The molecule has 0 saturated carbocycles. The minimum absolute atomic E-state index is 0.0298. The lowest BCUT2D eigenvalue weighted by Crippen LogP contribution is -2.36. The fraction of sp³-hybridized carbons (Fsp3) is 0.200. The summed E-state index contributed by atoms with van der Waals surface area (Å²) in [5.74, 6) is -0.0298. The third kappa shape index (κ3) is 2.64. The Balaban J connectivity index is 1.78. The third-order valence-electron chi connectivity index (χ3n) is 3.35. The van der Waals surface area contributed by atoms with Gasteiger partial charge in [0.15, 0.2) is 0 Å². The molecule has 1 aliphatic rings. The average Bonchev–Trinajstić information content (AvgIpc) is 2.90. The molecule has 20 heavy (non-hydrogen) atoms. The predicted octanol–water partition coefficient (Wildman–Crippen LogP) is 2.67. The summed E-state index contributed by atoms with van der Waals surface area (Å²) >= 11 is 1.59. The van der Waals surface area contributed by atoms with Gasteiger partial charge in [-0.2, -0.15) is 0 Å². The summed E-state index contributed by atoms with van der Waals surface area (Å²) in [6, 6.07) is 7.77. The molecular weight excluding hydrogens is 270 g/mol. The number of rotatable bonds is 3. The van der Waals surface area contributed by atoms with Gasteiger partial charge in [-0.3, -0.25) is 4.79 Å². The van der Waals surface area contributed by atoms with Crippen molar-refractivity contribution >= 4 is 22.9 Å². The Labute approximate surface area is 121 Å². The molecule has 2 N–H and O–H groups in total. The van der Waals surface area contributed by atoms with Crippen LogP contribution in [0.25, 0.3) is 10.6 Å². The number of hydrogen-bond acceptors (Lipinski definition) is 4. The van der Waals surface area contributed by atoms with Gasteiger partial charge in [-0.25, -0.2) is 4.98 Å². The fourth-order valence-electron chi connectivity index (χ4n) is 2.00. The summed E-state index contributed by atoms with van der Waals surface area (Å²) in [6.45, 7) is 3.51. The summed E-state index contributed by atoms with van der Waals surface area (Å²) in [6.07, 6.45) is 1.78. The number of nitrogens with zero attached hydrogens (tertiary/aromatic N) is 1. The van der Waals surface area contributed by atoms with Crippen LogP contribution < -0.4 is 10.6 Å². The van der Waals surface area contributed by atoms with Crippen LogP contribution in [-0.2, 0) is 4.79 Å². The molecule has 0 unspecified atom stereocenters. The molecule has 1 aromatic heterocycles. The Morgan fingerprint density at radius 3 is 2.90 bits per heavy atom. The van der Waals surface area contributed by atoms with Gasteiger partial charge < -0.3 is 10.6 Å². The molecule has 0 radical (unpaired) electrons. The minimum Gasteiger partial charge on any atom is -0.322 e. The molecule has 2 aromatic rings. The monoisotopic (exact) mass is 285 g/mol. The zero-order chi connectivity index (χ0) is 13.9. The number of nitrogens with one attached hydrogen (secondary N) is 2. The topological polar surface area (TPSA) is 54.0 Å². The van der Waals surface area contributed by atoms with Gasteiger partial charge in [0.2, 0.25) is 0 Å². The summed E-state index contributed by atoms with van der Waals surface area (Å²) in [5, 5.41) is 8.99. The number of anilines is 1. The molecule has 0 bridgehead atoms. The van der Waals surface area contributed by atoms with Crippen molar-refractivity contribution < 1.29 is 4.79 Å². The second kappa shape index (κ2) is 5.56. The Kier molecular flexibility index (Phi) is 3.62. The van der Waals surface area contributed by atoms with Gasteiger partial charge in [0.25, 0.3) is 5.91 Å². The summed E-state index contributed by atoms with van der Waals surface area (Å²) in [4.78, 5) is 16.4. The van der Waals surface area contributed by atoms with Crippen LogP contribution >= 0.6 is 11.3 Å². The lowest BCUT2D eigenvalue weighted by atomic mass is 10.0. The molecular formula is C15H15N3OS. The van der Waals surface area contributed by atoms with Crippen LogP contribution in [0.2, 0.25) is 0 Å². The highest BCUT2D eigenvalue weighted by Crippen LogP contribution is 2.24. The van der Waals surface area contributed by atoms with Gasteiger partial charge in [-0.05, 0) is 24.6 Å². The minimum atomic E-state index is -0.0298. The first kappa shape index (κ1) is 13.0. The van der Waals surface area contributed by atoms with E-state index in [2.05, 4.69) is 15.6 Å². The van der Waals surface area contributed by atoms with Gasteiger partial charge in [0.1, 0.15) is 5.01 Å². The van der Waals surface area contributed by atoms with Crippen molar-refractivity contribution in [3.8, 4) is 10.6 Å². The van der Waals surface area contributed by atoms with Crippen LogP contribution in [0.5, 0.6) is 0 Å². The SMILES string of the molecule is CC(C(=O)Nc1cccc(-c2nccs2)c1)=C1CNC1. The zero-order valence-electron chi connectivity index (χ0n) is 11.1. The van der Waals surface area contributed by atoms with E-state index in [1.807, 2.05) is 36.6 Å². The van der Waals surface area contributed by atoms with Crippen LogP contribution in [0.15, 0.2) is 47.0 Å². The molecule has 1 fully saturated rings. The fourth-order valence-corrected chi connectivity index (χ4v) is 2.63. The highest BCUT2D eigenvalue weighted by Gasteiger charge is 2.16. The van der Waals surface area contributed by atoms with E-state index in [0.717, 1.165) is 34.9 Å². The number of hydrogen-bond donors (Lipinski definition) is 2. The van der Waals surface area contributed by atoms with Crippen molar-refractivity contribution in [1.29, 1.82) is 0 Å². The highest BCUT2D eigenvalue weighted by atomic mass is 32.1. The van der Waals surface area contributed by atoms with E-state index in [0.29, 0.717) is 0 Å². The Morgan fingerprint density at radius 1 is 1.40 bits per heavy atom. The first-order valence-electron chi connectivity index (χ1n) is 6.44. The normalized spacial score (nSPS) is 13.8. The van der Waals surface area contributed by atoms with Crippen molar-refractivity contribution in [2.24, 2.45) is 0 Å². The average molecular weight is 285 g/mol. The standard InChI is InChI=1S/C15H15N3OS/c1-10(12-8-16-9-12)14(19)18-13-4-2-3-11(7-13)15-17-5-6-20-15/h2-7,16H,8-9H2,1H3,(H,18,19). The second-order valence-electron chi connectivity index (χ2n) is 4.70. The zero-order valence-corrected chi connectivity index (χ0v) is 12.0. The lowest BCUT2D eigenvalue weighted by Gasteiger charge is -2.21. The quantitative estimate of drug-likeness (QED) is 0.853. The number of thiazole rings is 1. The summed E-state index contributed by atoms with van der Waals surface area (Å²) in [5.41, 5.74) is 3.81. The third-order valence-corrected chi connectivity index (χ3v) is 4.17. The van der Waals surface area contributed by atoms with Crippen molar-refractivity contribution in [2.45, 2.75) is 6.92 Å². The van der Waals surface area contributed by atoms with Gasteiger partial charge in [-0.15, -0.1) is 11.3 Å². The molecule has 0 spiro atoms. The number of benzene rings is 1. The lowest BCUT2D eigenvalue weighted by molar-refractivity contribution is -0.112. The molecule has 0 atom stereocenters. The molecule has 3 rings (SSSR count). The van der Waals surface area contributed by atoms with E-state index in [1.165, 1.54) is 5.57 Å². The van der Waals surface area contributed by atoms with Gasteiger partial charge in [-0.1, -0.05) is 12.1 Å². The van der Waals surface area contributed by atoms with E-state index < -0.39 is 0 Å². The molecule has 1 amide bonds. The number of carbonyl (C=O) groups is 1. The van der Waals surface area contributed by atoms with Crippen LogP contribution in [0, 0.1) is 0 Å². The van der Waals surface area contributed by atoms with E-state index >= 15 is 0 Å². The van der Waals surface area contributed by atoms with E-state index in [-0.39, 0.29) is 5.91 Å². The van der Waals surface area contributed by atoms with Crippen molar-refractivity contribution in [3.05, 3.63) is 47.0 Å². The van der Waals surface area contributed by atoms with E-state index in [9.17, 15) is 4.79 Å². The molecule has 1 aliphatic heterocycles. The van der Waals surface area contributed by atoms with Crippen molar-refractivity contribution in [1.82, 2.24) is 10.3 Å². The molecule has 2 heterocycles. The van der Waals surface area contributed by atoms with E-state index in [4.69, 9.17) is 0 Å². The molecule has 0 aliphatic carbocycles. The van der Waals surface area contributed by atoms with Crippen LogP contribution in [-0.4, -0.2) is 24.0 Å². The smallest absolute Gasteiger partial charge is 0.251 e. The maximum atomic E-state index is 12.1. The number of carbonyl (C=O) groups excluding carboxylic acids is 1. The Morgan fingerprint density at radius 2 is 2.25 bits per heavy atom. The first-order valence-corrected chi connectivity index (χ1v) is 7.32. The Hall–Kier alpha value is -1.98. The van der Waals surface area contributed by atoms with E-state index in [1.54, 1.807) is 17.5 Å². The van der Waals surface area contributed by atoms with Gasteiger partial charge in [0.05, 0.1) is 0 Å². The number of aromatic nitrogens is 1. The summed E-state index contributed by atoms with van der Waals surface area (Å²) < 4.78 is 0. The molecule has 1 aromatic carbocycles. The number of amides is 1. The highest BCUT2D eigenvalue weighted by molar-refractivity contribution is 7.13. The second-order valence-corrected chi connectivity index (χ2v) is 5.60. The first-order chi connectivity index (χ1) is 9.74. The van der Waals surface area contributed by atoms with Crippen LogP contribution in [0.4, 0.5) is 5.69 Å². The van der Waals surface area contributed by atoms with Gasteiger partial charge in [0, 0.05) is 41.5 Å².